The van der Waals surface area contributed by atoms with Gasteiger partial charge in [-0.2, -0.15) is 0 Å². The largest absolute Gasteiger partial charge is 0.493 e. The van der Waals surface area contributed by atoms with Gasteiger partial charge in [-0.05, 0) is 59.3 Å². The Labute approximate surface area is 206 Å². The topological polar surface area (TPSA) is 102 Å². The van der Waals surface area contributed by atoms with Gasteiger partial charge in [0.05, 0.1) is 24.5 Å². The van der Waals surface area contributed by atoms with E-state index in [4.69, 9.17) is 15.5 Å². The monoisotopic (exact) mass is 481 g/mol. The zero-order valence-corrected chi connectivity index (χ0v) is 19.7. The quantitative estimate of drug-likeness (QED) is 0.434. The van der Waals surface area contributed by atoms with Gasteiger partial charge in [-0.25, -0.2) is 9.97 Å². The Morgan fingerprint density at radius 1 is 1.14 bits per heavy atom. The number of fused-ring (bicyclic) bond motifs is 2. The lowest BCUT2D eigenvalue weighted by Crippen LogP contribution is -2.29. The minimum atomic E-state index is -0.0770. The number of hydrogen-bond acceptors (Lipinski definition) is 7. The van der Waals surface area contributed by atoms with E-state index in [1.54, 1.807) is 17.5 Å². The summed E-state index contributed by atoms with van der Waals surface area (Å²) >= 11 is 1.63. The molecule has 0 bridgehead atoms. The van der Waals surface area contributed by atoms with Crippen molar-refractivity contribution in [2.45, 2.75) is 19.4 Å². The Balaban J connectivity index is 1.18. The highest BCUT2D eigenvalue weighted by atomic mass is 32.1. The molecular weight excluding hydrogens is 458 g/mol. The van der Waals surface area contributed by atoms with Crippen LogP contribution >= 0.6 is 11.3 Å². The molecular formula is C27H23N5O2S. The molecule has 4 aromatic rings. The van der Waals surface area contributed by atoms with Crippen molar-refractivity contribution in [1.82, 2.24) is 15.3 Å². The zero-order valence-electron chi connectivity index (χ0n) is 18.9. The Morgan fingerprint density at radius 2 is 2.09 bits per heavy atom. The summed E-state index contributed by atoms with van der Waals surface area (Å²) in [6, 6.07) is 17.7. The average Bonchev–Trinajstić information content (AvgIpc) is 3.56. The fourth-order valence-electron chi connectivity index (χ4n) is 4.57. The normalized spacial score (nSPS) is 16.1. The van der Waals surface area contributed by atoms with Crippen molar-refractivity contribution in [3.8, 4) is 17.0 Å². The predicted molar refractivity (Wildman–Crippen MR) is 137 cm³/mol. The van der Waals surface area contributed by atoms with Crippen molar-refractivity contribution in [3.63, 3.8) is 0 Å². The van der Waals surface area contributed by atoms with Crippen LogP contribution in [0.4, 0.5) is 11.6 Å². The molecule has 35 heavy (non-hydrogen) atoms. The molecule has 0 radical (unpaired) electrons. The highest BCUT2D eigenvalue weighted by molar-refractivity contribution is 7.09. The van der Waals surface area contributed by atoms with E-state index < -0.39 is 0 Å². The Kier molecular flexibility index (Phi) is 5.50. The molecule has 0 fully saturated rings. The van der Waals surface area contributed by atoms with Gasteiger partial charge in [-0.1, -0.05) is 18.2 Å². The molecule has 2 aromatic carbocycles. The summed E-state index contributed by atoms with van der Waals surface area (Å²) < 4.78 is 6.07. The van der Waals surface area contributed by atoms with E-state index in [-0.39, 0.29) is 17.8 Å². The van der Waals surface area contributed by atoms with E-state index in [1.165, 1.54) is 5.56 Å². The molecule has 8 heteroatoms. The molecule has 2 aromatic heterocycles. The molecule has 3 N–H and O–H groups in total. The number of aromatic nitrogens is 2. The van der Waals surface area contributed by atoms with Crippen LogP contribution in [0, 0.1) is 5.92 Å². The molecule has 1 atom stereocenters. The Morgan fingerprint density at radius 3 is 2.94 bits per heavy atom. The molecule has 1 unspecified atom stereocenters. The van der Waals surface area contributed by atoms with Gasteiger partial charge in [0.25, 0.3) is 5.91 Å². The third-order valence-corrected chi connectivity index (χ3v) is 7.27. The number of carbonyl (C=O) groups excluding carboxylic acids is 1. The first-order chi connectivity index (χ1) is 17.1. The minimum Gasteiger partial charge on any atom is -0.493 e. The molecule has 7 nitrogen and oxygen atoms in total. The van der Waals surface area contributed by atoms with Gasteiger partial charge in [-0.3, -0.25) is 9.79 Å². The number of nitrogens with two attached hydrogens (primary N) is 1. The van der Waals surface area contributed by atoms with Crippen molar-refractivity contribution in [2.24, 2.45) is 10.9 Å². The van der Waals surface area contributed by atoms with Crippen molar-refractivity contribution >= 4 is 34.6 Å². The molecule has 1 amide bonds. The predicted octanol–water partition coefficient (Wildman–Crippen LogP) is 4.60. The fourth-order valence-corrected chi connectivity index (χ4v) is 5.21. The lowest BCUT2D eigenvalue weighted by atomic mass is 9.89. The summed E-state index contributed by atoms with van der Waals surface area (Å²) in [5.74, 6) is 1.19. The van der Waals surface area contributed by atoms with E-state index in [9.17, 15) is 4.79 Å². The van der Waals surface area contributed by atoms with E-state index in [2.05, 4.69) is 27.4 Å². The minimum absolute atomic E-state index is 0.0770. The van der Waals surface area contributed by atoms with Gasteiger partial charge in [0.15, 0.2) is 0 Å². The van der Waals surface area contributed by atoms with Crippen LogP contribution in [0.25, 0.3) is 11.3 Å². The number of ether oxygens (including phenoxy) is 1. The zero-order chi connectivity index (χ0) is 23.8. The van der Waals surface area contributed by atoms with Crippen LogP contribution in [0.1, 0.15) is 26.4 Å². The van der Waals surface area contributed by atoms with Crippen LogP contribution in [0.5, 0.6) is 5.75 Å². The second kappa shape index (κ2) is 8.96. The molecule has 0 spiro atoms. The van der Waals surface area contributed by atoms with Crippen LogP contribution in [0.15, 0.2) is 71.2 Å². The number of nitrogens with one attached hydrogen (secondary N) is 1. The number of nitrogen functional groups attached to an aromatic ring is 1. The van der Waals surface area contributed by atoms with Gasteiger partial charge in [-0.15, -0.1) is 11.3 Å². The SMILES string of the molecule is Nc1nccc(-c2ccc3c(c2)N=C(C2COc4ccc(C(=O)NCc5cccs5)cc4C2)C3)n1. The summed E-state index contributed by atoms with van der Waals surface area (Å²) in [5.41, 5.74) is 12.4. The highest BCUT2D eigenvalue weighted by Crippen LogP contribution is 2.36. The average molecular weight is 482 g/mol. The lowest BCUT2D eigenvalue weighted by Gasteiger charge is -2.26. The van der Waals surface area contributed by atoms with Crippen molar-refractivity contribution in [1.29, 1.82) is 0 Å². The van der Waals surface area contributed by atoms with E-state index in [1.807, 2.05) is 47.8 Å². The lowest BCUT2D eigenvalue weighted by molar-refractivity contribution is 0.0951. The summed E-state index contributed by atoms with van der Waals surface area (Å²) in [7, 11) is 0. The third kappa shape index (κ3) is 4.40. The molecule has 0 saturated heterocycles. The third-order valence-electron chi connectivity index (χ3n) is 6.39. The summed E-state index contributed by atoms with van der Waals surface area (Å²) in [5, 5.41) is 5.01. The first-order valence-electron chi connectivity index (χ1n) is 11.5. The summed E-state index contributed by atoms with van der Waals surface area (Å²) in [6.45, 7) is 1.12. The number of nitrogens with zero attached hydrogens (tertiary/aromatic N) is 3. The van der Waals surface area contributed by atoms with E-state index in [0.717, 1.165) is 51.7 Å². The second-order valence-electron chi connectivity index (χ2n) is 8.72. The van der Waals surface area contributed by atoms with Gasteiger partial charge >= 0.3 is 0 Å². The number of aliphatic imine (C=N–C) groups is 1. The number of carbonyl (C=O) groups is 1. The van der Waals surface area contributed by atoms with E-state index >= 15 is 0 Å². The number of amides is 1. The first kappa shape index (κ1) is 21.5. The van der Waals surface area contributed by atoms with Crippen molar-refractivity contribution in [3.05, 3.63) is 87.7 Å². The standard InChI is InChI=1S/C27H23N5O2S/c28-27-29-8-7-22(32-27)16-3-4-17-13-24(31-23(17)12-16)20-11-19-10-18(5-6-25(19)34-15-20)26(33)30-14-21-2-1-9-35-21/h1-10,12,20H,11,13-15H2,(H,30,33)(H2,28,29,32). The summed E-state index contributed by atoms with van der Waals surface area (Å²) in [6.07, 6.45) is 3.25. The second-order valence-corrected chi connectivity index (χ2v) is 9.75. The van der Waals surface area contributed by atoms with E-state index in [0.29, 0.717) is 18.7 Å². The van der Waals surface area contributed by atoms with Crippen molar-refractivity contribution in [2.75, 3.05) is 12.3 Å². The van der Waals surface area contributed by atoms with Crippen molar-refractivity contribution < 1.29 is 9.53 Å². The number of thiophene rings is 1. The molecule has 4 heterocycles. The van der Waals surface area contributed by atoms with Crippen LogP contribution in [-0.4, -0.2) is 28.2 Å². The number of hydrogen-bond donors (Lipinski definition) is 2. The first-order valence-corrected chi connectivity index (χ1v) is 12.4. The van der Waals surface area contributed by atoms with Crippen LogP contribution in [-0.2, 0) is 19.4 Å². The molecule has 2 aliphatic rings. The summed E-state index contributed by atoms with van der Waals surface area (Å²) in [4.78, 5) is 27.1. The molecule has 174 valence electrons. The number of anilines is 1. The van der Waals surface area contributed by atoms with Crippen LogP contribution < -0.4 is 15.8 Å². The molecule has 0 aliphatic carbocycles. The van der Waals surface area contributed by atoms with Gasteiger partial charge in [0.1, 0.15) is 5.75 Å². The number of rotatable bonds is 5. The smallest absolute Gasteiger partial charge is 0.251 e. The Bertz CT molecular complexity index is 1450. The molecule has 2 aliphatic heterocycles. The molecule has 6 rings (SSSR count). The Hall–Kier alpha value is -4.04. The maximum absolute atomic E-state index is 12.7. The van der Waals surface area contributed by atoms with Gasteiger partial charge < -0.3 is 15.8 Å². The maximum atomic E-state index is 12.7. The van der Waals surface area contributed by atoms with Gasteiger partial charge in [0.2, 0.25) is 5.95 Å². The van der Waals surface area contributed by atoms with Crippen LogP contribution in [0.2, 0.25) is 0 Å². The number of benzene rings is 2. The molecule has 0 saturated carbocycles. The highest BCUT2D eigenvalue weighted by Gasteiger charge is 2.28. The van der Waals surface area contributed by atoms with Gasteiger partial charge in [0, 0.05) is 40.3 Å². The van der Waals surface area contributed by atoms with Crippen LogP contribution in [0.3, 0.4) is 0 Å². The fraction of sp³-hybridized carbons (Fsp3) is 0.185. The maximum Gasteiger partial charge on any atom is 0.251 e.